The maximum atomic E-state index is 12.7. The van der Waals surface area contributed by atoms with E-state index in [1.54, 1.807) is 11.1 Å². The second-order valence-electron chi connectivity index (χ2n) is 7.47. The molecule has 0 unspecified atom stereocenters. The van der Waals surface area contributed by atoms with Crippen molar-refractivity contribution >= 4 is 23.1 Å². The summed E-state index contributed by atoms with van der Waals surface area (Å²) in [7, 11) is 0. The zero-order chi connectivity index (χ0) is 17.8. The molecule has 5 nitrogen and oxygen atoms in total. The monoisotopic (exact) mass is 333 g/mol. The van der Waals surface area contributed by atoms with E-state index in [1.807, 2.05) is 51.1 Å². The van der Waals surface area contributed by atoms with Crippen molar-refractivity contribution in [3.8, 4) is 0 Å². The number of amides is 1. The van der Waals surface area contributed by atoms with Crippen LogP contribution in [0.15, 0.2) is 36.5 Å². The summed E-state index contributed by atoms with van der Waals surface area (Å²) in [4.78, 5) is 36.1. The maximum Gasteiger partial charge on any atom is 0.260 e. The lowest BCUT2D eigenvalue weighted by Crippen LogP contribution is -2.25. The molecule has 2 heterocycles. The number of nitrogens with zero attached hydrogens (tertiary/aromatic N) is 3. The number of carbonyl (C=O) groups excluding carboxylic acids is 2. The van der Waals surface area contributed by atoms with Crippen LogP contribution in [0.2, 0.25) is 0 Å². The Bertz CT molecular complexity index is 938. The maximum absolute atomic E-state index is 12.7. The summed E-state index contributed by atoms with van der Waals surface area (Å²) in [6.45, 7) is 6.17. The number of carbonyl (C=O) groups is 2. The summed E-state index contributed by atoms with van der Waals surface area (Å²) >= 11 is 0. The Morgan fingerprint density at radius 3 is 2.68 bits per heavy atom. The topological polar surface area (TPSA) is 63.2 Å². The van der Waals surface area contributed by atoms with E-state index in [2.05, 4.69) is 9.97 Å². The average Bonchev–Trinajstić information content (AvgIpc) is 3.14. The fourth-order valence-corrected chi connectivity index (χ4v) is 3.24. The lowest BCUT2D eigenvalue weighted by Gasteiger charge is -2.19. The van der Waals surface area contributed by atoms with E-state index < -0.39 is 5.41 Å². The summed E-state index contributed by atoms with van der Waals surface area (Å²) in [6, 6.07) is 7.56. The van der Waals surface area contributed by atoms with Gasteiger partial charge in [-0.15, -0.1) is 0 Å². The van der Waals surface area contributed by atoms with E-state index in [4.69, 9.17) is 0 Å². The largest absolute Gasteiger partial charge is 0.294 e. The standard InChI is InChI=1S/C20H19N3O2/c1-20(2,3)18(24)14-8-9-15-17(14)22-16(10-21-15)23-11-12-6-4-5-7-13(12)19(23)25/h4-8,10H,9,11H2,1-3H3. The lowest BCUT2D eigenvalue weighted by molar-refractivity contribution is -0.120. The summed E-state index contributed by atoms with van der Waals surface area (Å²) in [5.41, 5.74) is 3.22. The van der Waals surface area contributed by atoms with Crippen molar-refractivity contribution in [2.24, 2.45) is 5.41 Å². The molecule has 0 saturated carbocycles. The van der Waals surface area contributed by atoms with Crippen LogP contribution in [0.4, 0.5) is 5.82 Å². The molecule has 1 amide bonds. The molecule has 4 rings (SSSR count). The first kappa shape index (κ1) is 15.7. The fraction of sp³-hybridized carbons (Fsp3) is 0.300. The minimum Gasteiger partial charge on any atom is -0.294 e. The van der Waals surface area contributed by atoms with Crippen LogP contribution in [0.3, 0.4) is 0 Å². The Labute approximate surface area is 146 Å². The highest BCUT2D eigenvalue weighted by Crippen LogP contribution is 2.34. The van der Waals surface area contributed by atoms with Crippen molar-refractivity contribution in [3.05, 3.63) is 59.1 Å². The van der Waals surface area contributed by atoms with Crippen molar-refractivity contribution in [2.45, 2.75) is 33.7 Å². The van der Waals surface area contributed by atoms with E-state index >= 15 is 0 Å². The molecule has 0 spiro atoms. The van der Waals surface area contributed by atoms with Gasteiger partial charge in [0.25, 0.3) is 5.91 Å². The van der Waals surface area contributed by atoms with Gasteiger partial charge in [0.05, 0.1) is 24.1 Å². The normalized spacial score (nSPS) is 15.9. The van der Waals surface area contributed by atoms with Crippen molar-refractivity contribution in [3.63, 3.8) is 0 Å². The van der Waals surface area contributed by atoms with Gasteiger partial charge < -0.3 is 0 Å². The molecule has 0 saturated heterocycles. The third kappa shape index (κ3) is 2.47. The molecular formula is C20H19N3O2. The number of Topliss-reactive ketones (excluding diaryl/α,β-unsaturated/α-hetero) is 1. The SMILES string of the molecule is CC(C)(C)C(=O)C1=CCc2ncc(N3Cc4ccccc4C3=O)nc21. The van der Waals surface area contributed by atoms with Crippen LogP contribution < -0.4 is 4.90 Å². The Hall–Kier alpha value is -2.82. The lowest BCUT2D eigenvalue weighted by atomic mass is 9.86. The van der Waals surface area contributed by atoms with Crippen LogP contribution in [0.5, 0.6) is 0 Å². The molecule has 0 fully saturated rings. The van der Waals surface area contributed by atoms with Crippen molar-refractivity contribution in [2.75, 3.05) is 4.90 Å². The highest BCUT2D eigenvalue weighted by atomic mass is 16.2. The van der Waals surface area contributed by atoms with Gasteiger partial charge in [-0.3, -0.25) is 19.5 Å². The molecule has 0 radical (unpaired) electrons. The van der Waals surface area contributed by atoms with Gasteiger partial charge in [0.15, 0.2) is 11.6 Å². The van der Waals surface area contributed by atoms with Gasteiger partial charge in [0.1, 0.15) is 0 Å². The molecule has 2 aromatic rings. The van der Waals surface area contributed by atoms with E-state index in [1.165, 1.54) is 0 Å². The van der Waals surface area contributed by atoms with E-state index in [9.17, 15) is 9.59 Å². The summed E-state index contributed by atoms with van der Waals surface area (Å²) in [5.74, 6) is 0.471. The van der Waals surface area contributed by atoms with Gasteiger partial charge in [-0.1, -0.05) is 45.0 Å². The van der Waals surface area contributed by atoms with E-state index in [-0.39, 0.29) is 11.7 Å². The third-order valence-electron chi connectivity index (χ3n) is 4.61. The number of anilines is 1. The predicted molar refractivity (Wildman–Crippen MR) is 95.1 cm³/mol. The Morgan fingerprint density at radius 2 is 1.96 bits per heavy atom. The molecule has 2 aliphatic rings. The van der Waals surface area contributed by atoms with Crippen LogP contribution in [-0.4, -0.2) is 21.7 Å². The van der Waals surface area contributed by atoms with Crippen molar-refractivity contribution in [1.82, 2.24) is 9.97 Å². The minimum atomic E-state index is -0.481. The second-order valence-corrected chi connectivity index (χ2v) is 7.47. The van der Waals surface area contributed by atoms with Crippen LogP contribution in [0, 0.1) is 5.41 Å². The second kappa shape index (κ2) is 5.34. The molecule has 1 aliphatic heterocycles. The molecule has 126 valence electrons. The zero-order valence-corrected chi connectivity index (χ0v) is 14.5. The quantitative estimate of drug-likeness (QED) is 0.847. The summed E-state index contributed by atoms with van der Waals surface area (Å²) in [5, 5.41) is 0. The third-order valence-corrected chi connectivity index (χ3v) is 4.61. The van der Waals surface area contributed by atoms with Gasteiger partial charge in [-0.2, -0.15) is 0 Å². The molecule has 0 N–H and O–H groups in total. The summed E-state index contributed by atoms with van der Waals surface area (Å²) < 4.78 is 0. The van der Waals surface area contributed by atoms with Crippen LogP contribution >= 0.6 is 0 Å². The van der Waals surface area contributed by atoms with Gasteiger partial charge in [-0.05, 0) is 11.6 Å². The number of benzene rings is 1. The average molecular weight is 333 g/mol. The number of rotatable bonds is 2. The highest BCUT2D eigenvalue weighted by Gasteiger charge is 2.33. The Balaban J connectivity index is 1.71. The zero-order valence-electron chi connectivity index (χ0n) is 14.5. The Kier molecular flexibility index (Phi) is 3.35. The molecule has 0 bridgehead atoms. The van der Waals surface area contributed by atoms with Crippen LogP contribution in [0.1, 0.15) is 48.1 Å². The van der Waals surface area contributed by atoms with Crippen LogP contribution in [0.25, 0.3) is 5.57 Å². The molecular weight excluding hydrogens is 314 g/mol. The number of hydrogen-bond donors (Lipinski definition) is 0. The van der Waals surface area contributed by atoms with Gasteiger partial charge >= 0.3 is 0 Å². The predicted octanol–water partition coefficient (Wildman–Crippen LogP) is 3.19. The molecule has 1 aliphatic carbocycles. The van der Waals surface area contributed by atoms with E-state index in [0.717, 1.165) is 11.3 Å². The van der Waals surface area contributed by atoms with Crippen molar-refractivity contribution < 1.29 is 9.59 Å². The number of allylic oxidation sites excluding steroid dienone is 2. The number of fused-ring (bicyclic) bond motifs is 2. The summed E-state index contributed by atoms with van der Waals surface area (Å²) in [6.07, 6.45) is 4.12. The fourth-order valence-electron chi connectivity index (χ4n) is 3.24. The molecule has 25 heavy (non-hydrogen) atoms. The molecule has 5 heteroatoms. The first-order valence-corrected chi connectivity index (χ1v) is 8.37. The van der Waals surface area contributed by atoms with Crippen molar-refractivity contribution in [1.29, 1.82) is 0 Å². The number of aromatic nitrogens is 2. The minimum absolute atomic E-state index is 0.0498. The molecule has 0 atom stereocenters. The van der Waals surface area contributed by atoms with Crippen LogP contribution in [-0.2, 0) is 17.8 Å². The van der Waals surface area contributed by atoms with Gasteiger partial charge in [-0.25, -0.2) is 4.98 Å². The van der Waals surface area contributed by atoms with E-state index in [0.29, 0.717) is 35.6 Å². The molecule has 1 aromatic heterocycles. The Morgan fingerprint density at radius 1 is 1.20 bits per heavy atom. The first-order valence-electron chi connectivity index (χ1n) is 8.37. The first-order chi connectivity index (χ1) is 11.9. The smallest absolute Gasteiger partial charge is 0.260 e. The number of hydrogen-bond acceptors (Lipinski definition) is 4. The van der Waals surface area contributed by atoms with Gasteiger partial charge in [0, 0.05) is 23.0 Å². The molecule has 1 aromatic carbocycles. The highest BCUT2D eigenvalue weighted by molar-refractivity contribution is 6.23. The van der Waals surface area contributed by atoms with Gasteiger partial charge in [0.2, 0.25) is 0 Å². The number of ketones is 1.